The molecule has 8 nitrogen and oxygen atoms in total. The normalized spacial score (nSPS) is 16.8. The molecule has 9 heteroatoms. The van der Waals surface area contributed by atoms with Crippen molar-refractivity contribution in [2.75, 3.05) is 43.1 Å². The summed E-state index contributed by atoms with van der Waals surface area (Å²) in [5.41, 5.74) is 1.34. The van der Waals surface area contributed by atoms with Gasteiger partial charge in [-0.15, -0.1) is 11.3 Å². The quantitative estimate of drug-likeness (QED) is 0.557. The summed E-state index contributed by atoms with van der Waals surface area (Å²) < 4.78 is 5.43. The molecule has 5 rings (SSSR count). The van der Waals surface area contributed by atoms with Crippen LogP contribution < -0.4 is 14.5 Å². The number of rotatable bonds is 5. The van der Waals surface area contributed by atoms with Crippen LogP contribution in [-0.2, 0) is 9.59 Å². The molecule has 2 aromatic heterocycles. The molecule has 1 saturated heterocycles. The minimum atomic E-state index is -0.328. The largest absolute Gasteiger partial charge is 0.495 e. The van der Waals surface area contributed by atoms with Crippen molar-refractivity contribution >= 4 is 40.4 Å². The van der Waals surface area contributed by atoms with Crippen molar-refractivity contribution in [1.82, 2.24) is 14.9 Å². The van der Waals surface area contributed by atoms with Crippen LogP contribution >= 0.6 is 11.3 Å². The van der Waals surface area contributed by atoms with Gasteiger partial charge in [-0.3, -0.25) is 9.59 Å². The van der Waals surface area contributed by atoms with Crippen molar-refractivity contribution in [2.45, 2.75) is 0 Å². The van der Waals surface area contributed by atoms with Gasteiger partial charge < -0.3 is 14.5 Å². The van der Waals surface area contributed by atoms with E-state index in [4.69, 9.17) is 4.74 Å². The number of nitrogens with zero attached hydrogens (tertiary/aromatic N) is 5. The maximum Gasteiger partial charge on any atom is 0.282 e. The second-order valence-corrected chi connectivity index (χ2v) is 8.29. The van der Waals surface area contributed by atoms with Gasteiger partial charge in [0.05, 0.1) is 18.4 Å². The number of piperazine rings is 1. The van der Waals surface area contributed by atoms with Crippen LogP contribution in [0.1, 0.15) is 4.88 Å². The molecule has 0 N–H and O–H groups in total. The highest BCUT2D eigenvalue weighted by Crippen LogP contribution is 2.39. The van der Waals surface area contributed by atoms with Crippen LogP contribution in [0.15, 0.2) is 65.9 Å². The molecule has 2 aliphatic heterocycles. The average Bonchev–Trinajstić information content (AvgIpc) is 3.46. The number of hydrogen-bond acceptors (Lipinski definition) is 8. The Hall–Kier alpha value is -3.72. The molecule has 4 heterocycles. The van der Waals surface area contributed by atoms with E-state index in [-0.39, 0.29) is 11.8 Å². The third-order valence-corrected chi connectivity index (χ3v) is 6.47. The Balaban J connectivity index is 1.49. The molecule has 0 spiro atoms. The fraction of sp³-hybridized carbons (Fsp3) is 0.217. The molecule has 0 saturated carbocycles. The molecular formula is C23H21N5O3S. The standard InChI is InChI=1S/C23H21N5O3S/c1-31-17-7-3-2-6-16(17)28-21(29)19(18-8-4-15-32-18)20(22(28)30)26-11-13-27(14-12-26)23-24-9-5-10-25-23/h2-10,15H,11-14H2,1H3. The van der Waals surface area contributed by atoms with Gasteiger partial charge in [-0.1, -0.05) is 18.2 Å². The van der Waals surface area contributed by atoms with Gasteiger partial charge in [-0.05, 0) is 29.6 Å². The summed E-state index contributed by atoms with van der Waals surface area (Å²) in [4.78, 5) is 42.0. The Morgan fingerprint density at radius 1 is 0.875 bits per heavy atom. The highest BCUT2D eigenvalue weighted by atomic mass is 32.1. The molecule has 0 radical (unpaired) electrons. The topological polar surface area (TPSA) is 78.9 Å². The van der Waals surface area contributed by atoms with E-state index in [0.717, 1.165) is 4.88 Å². The lowest BCUT2D eigenvalue weighted by molar-refractivity contribution is -0.120. The lowest BCUT2D eigenvalue weighted by Gasteiger charge is -2.36. The number of carbonyl (C=O) groups excluding carboxylic acids is 2. The van der Waals surface area contributed by atoms with Crippen molar-refractivity contribution in [3.05, 3.63) is 70.8 Å². The zero-order valence-corrected chi connectivity index (χ0v) is 18.3. The predicted molar refractivity (Wildman–Crippen MR) is 123 cm³/mol. The second kappa shape index (κ2) is 8.43. The number of ether oxygens (including phenoxy) is 1. The number of aromatic nitrogens is 2. The number of amides is 2. The molecule has 0 bridgehead atoms. The van der Waals surface area contributed by atoms with E-state index < -0.39 is 0 Å². The molecule has 0 unspecified atom stereocenters. The SMILES string of the molecule is COc1ccccc1N1C(=O)C(c2cccs2)=C(N2CCN(c3ncccn3)CC2)C1=O. The lowest BCUT2D eigenvalue weighted by Crippen LogP contribution is -2.48. The highest BCUT2D eigenvalue weighted by Gasteiger charge is 2.44. The van der Waals surface area contributed by atoms with E-state index in [0.29, 0.717) is 54.8 Å². The maximum absolute atomic E-state index is 13.7. The van der Waals surface area contributed by atoms with Crippen LogP contribution in [0.4, 0.5) is 11.6 Å². The Morgan fingerprint density at radius 2 is 1.59 bits per heavy atom. The number of para-hydroxylation sites is 2. The molecule has 0 aliphatic carbocycles. The predicted octanol–water partition coefficient (Wildman–Crippen LogP) is 2.65. The van der Waals surface area contributed by atoms with Gasteiger partial charge in [0.1, 0.15) is 11.4 Å². The maximum atomic E-state index is 13.7. The van der Waals surface area contributed by atoms with Gasteiger partial charge in [0.25, 0.3) is 11.8 Å². The average molecular weight is 448 g/mol. The summed E-state index contributed by atoms with van der Waals surface area (Å²) in [5, 5.41) is 1.91. The fourth-order valence-corrected chi connectivity index (χ4v) is 4.84. The number of imide groups is 1. The molecule has 1 fully saturated rings. The Bertz CT molecular complexity index is 1170. The zero-order valence-electron chi connectivity index (χ0n) is 17.5. The first-order valence-corrected chi connectivity index (χ1v) is 11.1. The van der Waals surface area contributed by atoms with Gasteiger partial charge in [0.2, 0.25) is 5.95 Å². The van der Waals surface area contributed by atoms with Crippen LogP contribution in [0.25, 0.3) is 5.57 Å². The van der Waals surface area contributed by atoms with Gasteiger partial charge in [0, 0.05) is 43.4 Å². The number of hydrogen-bond donors (Lipinski definition) is 0. The Morgan fingerprint density at radius 3 is 2.28 bits per heavy atom. The summed E-state index contributed by atoms with van der Waals surface area (Å²) in [6, 6.07) is 12.6. The van der Waals surface area contributed by atoms with Crippen LogP contribution in [0.5, 0.6) is 5.75 Å². The molecule has 2 aliphatic rings. The molecular weight excluding hydrogens is 426 g/mol. The molecule has 3 aromatic rings. The number of carbonyl (C=O) groups is 2. The van der Waals surface area contributed by atoms with Crippen molar-refractivity contribution in [1.29, 1.82) is 0 Å². The van der Waals surface area contributed by atoms with Crippen molar-refractivity contribution in [2.24, 2.45) is 0 Å². The van der Waals surface area contributed by atoms with Crippen molar-refractivity contribution in [3.8, 4) is 5.75 Å². The van der Waals surface area contributed by atoms with E-state index in [9.17, 15) is 9.59 Å². The Labute approximate surface area is 189 Å². The van der Waals surface area contributed by atoms with Crippen LogP contribution in [0.2, 0.25) is 0 Å². The van der Waals surface area contributed by atoms with Crippen molar-refractivity contribution < 1.29 is 14.3 Å². The van der Waals surface area contributed by atoms with Crippen LogP contribution in [0, 0.1) is 0 Å². The van der Waals surface area contributed by atoms with E-state index in [2.05, 4.69) is 14.9 Å². The minimum absolute atomic E-state index is 0.327. The van der Waals surface area contributed by atoms with Gasteiger partial charge in [0.15, 0.2) is 0 Å². The minimum Gasteiger partial charge on any atom is -0.495 e. The molecule has 1 aromatic carbocycles. The summed E-state index contributed by atoms with van der Waals surface area (Å²) in [5.74, 6) is 0.495. The van der Waals surface area contributed by atoms with Crippen LogP contribution in [0.3, 0.4) is 0 Å². The summed E-state index contributed by atoms with van der Waals surface area (Å²) >= 11 is 1.45. The van der Waals surface area contributed by atoms with Gasteiger partial charge >= 0.3 is 0 Å². The van der Waals surface area contributed by atoms with Crippen LogP contribution in [-0.4, -0.2) is 60.0 Å². The molecule has 162 valence electrons. The van der Waals surface area contributed by atoms with Crippen molar-refractivity contribution in [3.63, 3.8) is 0 Å². The lowest BCUT2D eigenvalue weighted by atomic mass is 10.1. The summed E-state index contributed by atoms with van der Waals surface area (Å²) in [6.45, 7) is 2.48. The van der Waals surface area contributed by atoms with Gasteiger partial charge in [-0.2, -0.15) is 0 Å². The van der Waals surface area contributed by atoms with E-state index in [1.807, 2.05) is 28.5 Å². The number of methoxy groups -OCH3 is 1. The fourth-order valence-electron chi connectivity index (χ4n) is 4.07. The first kappa shape index (κ1) is 20.2. The number of benzene rings is 1. The first-order valence-electron chi connectivity index (χ1n) is 10.3. The number of thiophene rings is 1. The highest BCUT2D eigenvalue weighted by molar-refractivity contribution is 7.11. The Kier molecular flexibility index (Phi) is 5.32. The first-order chi connectivity index (χ1) is 15.7. The summed E-state index contributed by atoms with van der Waals surface area (Å²) in [6.07, 6.45) is 3.44. The van der Waals surface area contributed by atoms with Gasteiger partial charge in [-0.25, -0.2) is 14.9 Å². The zero-order chi connectivity index (χ0) is 22.1. The molecule has 2 amide bonds. The third kappa shape index (κ3) is 3.40. The molecule has 0 atom stereocenters. The number of anilines is 2. The third-order valence-electron chi connectivity index (χ3n) is 5.58. The molecule has 32 heavy (non-hydrogen) atoms. The van der Waals surface area contributed by atoms with E-state index in [1.54, 1.807) is 36.7 Å². The van der Waals surface area contributed by atoms with E-state index in [1.165, 1.54) is 23.3 Å². The monoisotopic (exact) mass is 447 g/mol. The smallest absolute Gasteiger partial charge is 0.282 e. The van der Waals surface area contributed by atoms with E-state index >= 15 is 0 Å². The second-order valence-electron chi connectivity index (χ2n) is 7.34. The summed E-state index contributed by atoms with van der Waals surface area (Å²) in [7, 11) is 1.53.